The highest BCUT2D eigenvalue weighted by Crippen LogP contribution is 2.25. The maximum Gasteiger partial charge on any atom is 0.230 e. The van der Waals surface area contributed by atoms with Crippen LogP contribution in [0.15, 0.2) is 18.3 Å². The van der Waals surface area contributed by atoms with Gasteiger partial charge in [-0.3, -0.25) is 4.79 Å². The highest BCUT2D eigenvalue weighted by Gasteiger charge is 2.30. The highest BCUT2D eigenvalue weighted by molar-refractivity contribution is 6.30. The zero-order chi connectivity index (χ0) is 11.5. The van der Waals surface area contributed by atoms with Crippen LogP contribution in [0.5, 0.6) is 0 Å². The smallest absolute Gasteiger partial charge is 0.230 e. The lowest BCUT2D eigenvalue weighted by atomic mass is 10.0. The Morgan fingerprint density at radius 1 is 1.50 bits per heavy atom. The van der Waals surface area contributed by atoms with E-state index in [0.717, 1.165) is 19.3 Å². The minimum Gasteiger partial charge on any atom is -0.327 e. The second-order valence-corrected chi connectivity index (χ2v) is 4.49. The predicted octanol–water partition coefficient (Wildman–Crippen LogP) is 1.80. The third-order valence-electron chi connectivity index (χ3n) is 2.88. The Bertz CT molecular complexity index is 379. The first-order valence-electron chi connectivity index (χ1n) is 5.35. The lowest BCUT2D eigenvalue weighted by molar-refractivity contribution is -0.120. The summed E-state index contributed by atoms with van der Waals surface area (Å²) in [6.45, 7) is 0. The van der Waals surface area contributed by atoms with Crippen LogP contribution in [0.2, 0.25) is 5.02 Å². The summed E-state index contributed by atoms with van der Waals surface area (Å²) >= 11 is 5.70. The van der Waals surface area contributed by atoms with Crippen molar-refractivity contribution in [2.75, 3.05) is 5.32 Å². The largest absolute Gasteiger partial charge is 0.327 e. The fraction of sp³-hybridized carbons (Fsp3) is 0.455. The maximum atomic E-state index is 11.8. The number of aromatic nitrogens is 1. The molecule has 5 heteroatoms. The van der Waals surface area contributed by atoms with Crippen LogP contribution >= 0.6 is 11.6 Å². The zero-order valence-corrected chi connectivity index (χ0v) is 9.57. The summed E-state index contributed by atoms with van der Waals surface area (Å²) < 4.78 is 0. The number of nitrogens with zero attached hydrogens (tertiary/aromatic N) is 1. The Morgan fingerprint density at radius 3 is 2.88 bits per heavy atom. The van der Waals surface area contributed by atoms with E-state index < -0.39 is 0 Å². The van der Waals surface area contributed by atoms with E-state index >= 15 is 0 Å². The molecule has 2 atom stereocenters. The molecule has 0 radical (unpaired) electrons. The van der Waals surface area contributed by atoms with E-state index in [0.29, 0.717) is 10.8 Å². The van der Waals surface area contributed by atoms with Gasteiger partial charge in [-0.25, -0.2) is 4.98 Å². The number of nitrogens with two attached hydrogens (primary N) is 1. The molecule has 2 rings (SSSR count). The molecule has 2 unspecified atom stereocenters. The summed E-state index contributed by atoms with van der Waals surface area (Å²) in [6.07, 6.45) is 4.31. The van der Waals surface area contributed by atoms with Crippen LogP contribution in [0.4, 0.5) is 5.82 Å². The summed E-state index contributed by atoms with van der Waals surface area (Å²) in [6, 6.07) is 3.35. The summed E-state index contributed by atoms with van der Waals surface area (Å²) in [7, 11) is 0. The average molecular weight is 240 g/mol. The highest BCUT2D eigenvalue weighted by atomic mass is 35.5. The molecule has 0 aliphatic heterocycles. The molecule has 0 spiro atoms. The van der Waals surface area contributed by atoms with Gasteiger partial charge in [0.2, 0.25) is 5.91 Å². The van der Waals surface area contributed by atoms with Gasteiger partial charge in [0.1, 0.15) is 5.82 Å². The van der Waals surface area contributed by atoms with Crippen LogP contribution in [0.25, 0.3) is 0 Å². The maximum absolute atomic E-state index is 11.8. The van der Waals surface area contributed by atoms with Gasteiger partial charge in [0.15, 0.2) is 0 Å². The van der Waals surface area contributed by atoms with Crippen molar-refractivity contribution in [3.63, 3.8) is 0 Å². The number of halogens is 1. The molecule has 3 N–H and O–H groups in total. The van der Waals surface area contributed by atoms with Crippen LogP contribution < -0.4 is 11.1 Å². The number of nitrogens with one attached hydrogen (secondary N) is 1. The van der Waals surface area contributed by atoms with Gasteiger partial charge in [-0.05, 0) is 25.0 Å². The average Bonchev–Trinajstić information content (AvgIpc) is 2.68. The van der Waals surface area contributed by atoms with Gasteiger partial charge >= 0.3 is 0 Å². The number of rotatable bonds is 2. The molecule has 16 heavy (non-hydrogen) atoms. The molecule has 1 aromatic rings. The SMILES string of the molecule is NC1CCCC1C(=O)Nc1ccc(Cl)cn1. The van der Waals surface area contributed by atoms with E-state index in [9.17, 15) is 4.79 Å². The third-order valence-corrected chi connectivity index (χ3v) is 3.11. The van der Waals surface area contributed by atoms with Crippen LogP contribution in [0.1, 0.15) is 19.3 Å². The van der Waals surface area contributed by atoms with E-state index in [-0.39, 0.29) is 17.9 Å². The molecule has 1 aromatic heterocycles. The third kappa shape index (κ3) is 2.51. The first-order chi connectivity index (χ1) is 7.66. The molecule has 1 aliphatic carbocycles. The molecule has 0 saturated heterocycles. The second kappa shape index (κ2) is 4.80. The van der Waals surface area contributed by atoms with Crippen LogP contribution in [0.3, 0.4) is 0 Å². The Morgan fingerprint density at radius 2 is 2.31 bits per heavy atom. The molecule has 0 bridgehead atoms. The van der Waals surface area contributed by atoms with Gasteiger partial charge in [0, 0.05) is 12.2 Å². The number of amides is 1. The monoisotopic (exact) mass is 239 g/mol. The van der Waals surface area contributed by atoms with E-state index in [4.69, 9.17) is 17.3 Å². The quantitative estimate of drug-likeness (QED) is 0.827. The van der Waals surface area contributed by atoms with Gasteiger partial charge in [-0.1, -0.05) is 18.0 Å². The Balaban J connectivity index is 1.99. The van der Waals surface area contributed by atoms with Crippen molar-refractivity contribution in [2.45, 2.75) is 25.3 Å². The molecule has 1 amide bonds. The summed E-state index contributed by atoms with van der Waals surface area (Å²) in [5, 5.41) is 3.30. The number of hydrogen-bond acceptors (Lipinski definition) is 3. The zero-order valence-electron chi connectivity index (χ0n) is 8.82. The summed E-state index contributed by atoms with van der Waals surface area (Å²) in [5.74, 6) is 0.394. The van der Waals surface area contributed by atoms with Gasteiger partial charge < -0.3 is 11.1 Å². The van der Waals surface area contributed by atoms with E-state index in [1.54, 1.807) is 12.1 Å². The van der Waals surface area contributed by atoms with Crippen molar-refractivity contribution in [1.29, 1.82) is 0 Å². The standard InChI is InChI=1S/C11H14ClN3O/c12-7-4-5-10(14-6-7)15-11(16)8-2-1-3-9(8)13/h4-6,8-9H,1-3,13H2,(H,14,15,16). The van der Waals surface area contributed by atoms with Crippen LogP contribution in [0, 0.1) is 5.92 Å². The van der Waals surface area contributed by atoms with Gasteiger partial charge in [-0.2, -0.15) is 0 Å². The van der Waals surface area contributed by atoms with E-state index in [1.165, 1.54) is 6.20 Å². The molecule has 1 fully saturated rings. The molecular formula is C11H14ClN3O. The first kappa shape index (κ1) is 11.4. The van der Waals surface area contributed by atoms with E-state index in [2.05, 4.69) is 10.3 Å². The van der Waals surface area contributed by atoms with Crippen molar-refractivity contribution in [1.82, 2.24) is 4.98 Å². The number of hydrogen-bond donors (Lipinski definition) is 2. The fourth-order valence-electron chi connectivity index (χ4n) is 1.98. The minimum atomic E-state index is -0.0857. The summed E-state index contributed by atoms with van der Waals surface area (Å²) in [4.78, 5) is 15.9. The number of carbonyl (C=O) groups is 1. The molecule has 86 valence electrons. The molecule has 0 aromatic carbocycles. The number of carbonyl (C=O) groups excluding carboxylic acids is 1. The van der Waals surface area contributed by atoms with Crippen molar-refractivity contribution >= 4 is 23.3 Å². The van der Waals surface area contributed by atoms with Crippen molar-refractivity contribution in [3.8, 4) is 0 Å². The fourth-order valence-corrected chi connectivity index (χ4v) is 2.09. The van der Waals surface area contributed by atoms with Crippen molar-refractivity contribution in [3.05, 3.63) is 23.4 Å². The van der Waals surface area contributed by atoms with Crippen molar-refractivity contribution < 1.29 is 4.79 Å². The molecule has 1 saturated carbocycles. The Kier molecular flexibility index (Phi) is 3.41. The first-order valence-corrected chi connectivity index (χ1v) is 5.72. The normalized spacial score (nSPS) is 24.4. The number of pyridine rings is 1. The van der Waals surface area contributed by atoms with Crippen LogP contribution in [-0.4, -0.2) is 16.9 Å². The topological polar surface area (TPSA) is 68.0 Å². The van der Waals surface area contributed by atoms with E-state index in [1.807, 2.05) is 0 Å². The second-order valence-electron chi connectivity index (χ2n) is 4.05. The van der Waals surface area contributed by atoms with Crippen molar-refractivity contribution in [2.24, 2.45) is 11.7 Å². The predicted molar refractivity (Wildman–Crippen MR) is 63.2 cm³/mol. The minimum absolute atomic E-state index is 0.0210. The molecular weight excluding hydrogens is 226 g/mol. The van der Waals surface area contributed by atoms with Crippen LogP contribution in [-0.2, 0) is 4.79 Å². The van der Waals surface area contributed by atoms with Gasteiger partial charge in [-0.15, -0.1) is 0 Å². The lowest BCUT2D eigenvalue weighted by Gasteiger charge is -2.14. The lowest BCUT2D eigenvalue weighted by Crippen LogP contribution is -2.34. The Hall–Kier alpha value is -1.13. The molecule has 1 aliphatic rings. The molecule has 1 heterocycles. The van der Waals surface area contributed by atoms with Gasteiger partial charge in [0.05, 0.1) is 10.9 Å². The Labute approximate surface area is 99.2 Å². The molecule has 4 nitrogen and oxygen atoms in total. The van der Waals surface area contributed by atoms with Gasteiger partial charge in [0.25, 0.3) is 0 Å². The number of anilines is 1. The summed E-state index contributed by atoms with van der Waals surface area (Å²) in [5.41, 5.74) is 5.86.